The molecule has 1 aliphatic rings. The Morgan fingerprint density at radius 1 is 0.952 bits per heavy atom. The fraction of sp³-hybridized carbons (Fsp3) is 0.0588. The average Bonchev–Trinajstić information content (AvgIpc) is 2.81. The second kappa shape index (κ2) is 5.14. The Hall–Kier alpha value is -3.06. The van der Waals surface area contributed by atoms with Crippen LogP contribution in [0.1, 0.15) is 31.8 Å². The van der Waals surface area contributed by atoms with Gasteiger partial charge in [0.1, 0.15) is 5.75 Å². The highest BCUT2D eigenvalue weighted by Crippen LogP contribution is 2.23. The number of hydrogen-bond donors (Lipinski definition) is 0. The number of cyclic esters (lactones) is 2. The van der Waals surface area contributed by atoms with Crippen LogP contribution in [0.25, 0.3) is 0 Å². The van der Waals surface area contributed by atoms with Crippen molar-refractivity contribution < 1.29 is 19.1 Å². The SMILES string of the molecule is COc1ccc(C#Cc2cccc3c2C(=O)OC3=O)cc1. The van der Waals surface area contributed by atoms with Gasteiger partial charge in [-0.25, -0.2) is 9.59 Å². The minimum absolute atomic E-state index is 0.239. The van der Waals surface area contributed by atoms with Crippen molar-refractivity contribution in [1.29, 1.82) is 0 Å². The Balaban J connectivity index is 1.98. The molecule has 1 heterocycles. The van der Waals surface area contributed by atoms with Gasteiger partial charge in [0.05, 0.1) is 18.2 Å². The maximum absolute atomic E-state index is 11.7. The lowest BCUT2D eigenvalue weighted by Crippen LogP contribution is -1.98. The zero-order valence-electron chi connectivity index (χ0n) is 11.2. The lowest BCUT2D eigenvalue weighted by Gasteiger charge is -1.98. The third-order valence-electron chi connectivity index (χ3n) is 3.11. The summed E-state index contributed by atoms with van der Waals surface area (Å²) in [7, 11) is 1.59. The predicted molar refractivity (Wildman–Crippen MR) is 75.2 cm³/mol. The first-order valence-electron chi connectivity index (χ1n) is 6.24. The van der Waals surface area contributed by atoms with Gasteiger partial charge in [-0.1, -0.05) is 17.9 Å². The molecular formula is C17H10O4. The summed E-state index contributed by atoms with van der Waals surface area (Å²) in [6, 6.07) is 12.2. The van der Waals surface area contributed by atoms with E-state index in [0.29, 0.717) is 5.56 Å². The number of benzene rings is 2. The minimum atomic E-state index is -0.644. The minimum Gasteiger partial charge on any atom is -0.497 e. The van der Waals surface area contributed by atoms with E-state index in [1.165, 1.54) is 0 Å². The Morgan fingerprint density at radius 2 is 1.71 bits per heavy atom. The highest BCUT2D eigenvalue weighted by Gasteiger charge is 2.31. The van der Waals surface area contributed by atoms with Crippen molar-refractivity contribution in [2.45, 2.75) is 0 Å². The van der Waals surface area contributed by atoms with Crippen molar-refractivity contribution in [1.82, 2.24) is 0 Å². The molecule has 0 radical (unpaired) electrons. The number of esters is 2. The Morgan fingerprint density at radius 3 is 2.43 bits per heavy atom. The molecule has 0 amide bonds. The van der Waals surface area contributed by atoms with E-state index in [1.54, 1.807) is 37.4 Å². The Kier molecular flexibility index (Phi) is 3.17. The van der Waals surface area contributed by atoms with Gasteiger partial charge in [-0.15, -0.1) is 0 Å². The van der Waals surface area contributed by atoms with Crippen molar-refractivity contribution in [3.05, 3.63) is 64.7 Å². The standard InChI is InChI=1S/C17H10O4/c1-20-13-9-6-11(7-10-13)5-8-12-3-2-4-14-15(12)17(19)21-16(14)18/h2-4,6-7,9-10H,1H3. The van der Waals surface area contributed by atoms with Crippen molar-refractivity contribution in [3.63, 3.8) is 0 Å². The molecular weight excluding hydrogens is 268 g/mol. The molecule has 0 aliphatic carbocycles. The van der Waals surface area contributed by atoms with Gasteiger partial charge < -0.3 is 9.47 Å². The Bertz CT molecular complexity index is 792. The summed E-state index contributed by atoms with van der Waals surface area (Å²) in [4.78, 5) is 23.1. The molecule has 0 fully saturated rings. The van der Waals surface area contributed by atoms with Gasteiger partial charge in [0.2, 0.25) is 0 Å². The lowest BCUT2D eigenvalue weighted by atomic mass is 10.0. The monoisotopic (exact) mass is 278 g/mol. The second-order valence-corrected chi connectivity index (χ2v) is 4.38. The van der Waals surface area contributed by atoms with Crippen LogP contribution in [-0.2, 0) is 4.74 Å². The van der Waals surface area contributed by atoms with Crippen LogP contribution in [0, 0.1) is 11.8 Å². The molecule has 0 spiro atoms. The third-order valence-corrected chi connectivity index (χ3v) is 3.11. The fourth-order valence-electron chi connectivity index (χ4n) is 2.05. The highest BCUT2D eigenvalue weighted by atomic mass is 16.6. The van der Waals surface area contributed by atoms with Crippen LogP contribution in [0.15, 0.2) is 42.5 Å². The molecule has 2 aromatic carbocycles. The van der Waals surface area contributed by atoms with Crippen LogP contribution in [-0.4, -0.2) is 19.0 Å². The molecule has 21 heavy (non-hydrogen) atoms. The molecule has 1 aliphatic heterocycles. The smallest absolute Gasteiger partial charge is 0.348 e. The van der Waals surface area contributed by atoms with Crippen LogP contribution in [0.5, 0.6) is 5.75 Å². The molecule has 4 heteroatoms. The molecule has 4 nitrogen and oxygen atoms in total. The van der Waals surface area contributed by atoms with Gasteiger partial charge in [-0.2, -0.15) is 0 Å². The van der Waals surface area contributed by atoms with Crippen LogP contribution >= 0.6 is 0 Å². The molecule has 0 bridgehead atoms. The first kappa shape index (κ1) is 12.9. The lowest BCUT2D eigenvalue weighted by molar-refractivity contribution is 0.0443. The maximum atomic E-state index is 11.7. The fourth-order valence-corrected chi connectivity index (χ4v) is 2.05. The van der Waals surface area contributed by atoms with Crippen LogP contribution in [0.2, 0.25) is 0 Å². The topological polar surface area (TPSA) is 52.6 Å². The first-order valence-corrected chi connectivity index (χ1v) is 6.24. The molecule has 0 saturated carbocycles. The summed E-state index contributed by atoms with van der Waals surface area (Å²) in [5.74, 6) is 5.34. The van der Waals surface area contributed by atoms with Crippen molar-refractivity contribution in [3.8, 4) is 17.6 Å². The highest BCUT2D eigenvalue weighted by molar-refractivity contribution is 6.15. The number of methoxy groups -OCH3 is 1. The largest absolute Gasteiger partial charge is 0.497 e. The average molecular weight is 278 g/mol. The van der Waals surface area contributed by atoms with Crippen LogP contribution in [0.4, 0.5) is 0 Å². The van der Waals surface area contributed by atoms with E-state index in [2.05, 4.69) is 16.6 Å². The molecule has 0 aromatic heterocycles. The summed E-state index contributed by atoms with van der Waals surface area (Å²) in [6.07, 6.45) is 0. The van der Waals surface area contributed by atoms with Crippen molar-refractivity contribution >= 4 is 11.9 Å². The van der Waals surface area contributed by atoms with E-state index in [-0.39, 0.29) is 11.1 Å². The van der Waals surface area contributed by atoms with E-state index in [1.807, 2.05) is 12.1 Å². The zero-order chi connectivity index (χ0) is 14.8. The number of ether oxygens (including phenoxy) is 2. The predicted octanol–water partition coefficient (Wildman–Crippen LogP) is 2.41. The zero-order valence-corrected chi connectivity index (χ0v) is 11.2. The van der Waals surface area contributed by atoms with Crippen molar-refractivity contribution in [2.75, 3.05) is 7.11 Å². The molecule has 3 rings (SSSR count). The van der Waals surface area contributed by atoms with E-state index >= 15 is 0 Å². The number of rotatable bonds is 1. The van der Waals surface area contributed by atoms with Crippen LogP contribution in [0.3, 0.4) is 0 Å². The second-order valence-electron chi connectivity index (χ2n) is 4.38. The van der Waals surface area contributed by atoms with E-state index < -0.39 is 11.9 Å². The quantitative estimate of drug-likeness (QED) is 0.456. The van der Waals surface area contributed by atoms with E-state index in [4.69, 9.17) is 4.74 Å². The summed E-state index contributed by atoms with van der Waals surface area (Å²) in [5.41, 5.74) is 1.77. The van der Waals surface area contributed by atoms with E-state index in [9.17, 15) is 9.59 Å². The summed E-state index contributed by atoms with van der Waals surface area (Å²) in [6.45, 7) is 0. The van der Waals surface area contributed by atoms with Crippen molar-refractivity contribution in [2.24, 2.45) is 0 Å². The number of carbonyl (C=O) groups excluding carboxylic acids is 2. The molecule has 0 atom stereocenters. The summed E-state index contributed by atoms with van der Waals surface area (Å²) in [5, 5.41) is 0. The number of carbonyl (C=O) groups is 2. The normalized spacial score (nSPS) is 12.2. The number of fused-ring (bicyclic) bond motifs is 1. The molecule has 2 aromatic rings. The third kappa shape index (κ3) is 2.37. The first-order chi connectivity index (χ1) is 10.2. The van der Waals surface area contributed by atoms with Gasteiger partial charge in [0, 0.05) is 11.1 Å². The summed E-state index contributed by atoms with van der Waals surface area (Å²) >= 11 is 0. The Labute approximate surface area is 121 Å². The van der Waals surface area contributed by atoms with Crippen LogP contribution < -0.4 is 4.74 Å². The van der Waals surface area contributed by atoms with Gasteiger partial charge >= 0.3 is 11.9 Å². The molecule has 0 unspecified atom stereocenters. The van der Waals surface area contributed by atoms with Gasteiger partial charge in [0.15, 0.2) is 0 Å². The van der Waals surface area contributed by atoms with E-state index in [0.717, 1.165) is 11.3 Å². The molecule has 0 saturated heterocycles. The number of hydrogen-bond acceptors (Lipinski definition) is 4. The van der Waals surface area contributed by atoms with Gasteiger partial charge in [0.25, 0.3) is 0 Å². The maximum Gasteiger partial charge on any atom is 0.348 e. The molecule has 102 valence electrons. The van der Waals surface area contributed by atoms with Gasteiger partial charge in [-0.05, 0) is 36.4 Å². The van der Waals surface area contributed by atoms with Gasteiger partial charge in [-0.3, -0.25) is 0 Å². The molecule has 0 N–H and O–H groups in total. The summed E-state index contributed by atoms with van der Waals surface area (Å²) < 4.78 is 9.66.